The molecule has 0 radical (unpaired) electrons. The highest BCUT2D eigenvalue weighted by Gasteiger charge is 2.32. The Kier molecular flexibility index (Phi) is 7.17. The van der Waals surface area contributed by atoms with Crippen LogP contribution in [-0.2, 0) is 21.3 Å². The highest BCUT2D eigenvalue weighted by molar-refractivity contribution is 7.89. The molecule has 0 spiro atoms. The Morgan fingerprint density at radius 1 is 1.17 bits per heavy atom. The normalized spacial score (nSPS) is 19.8. The number of non-ortho nitro benzene ring substituents is 1. The molecule has 12 heteroatoms. The topological polar surface area (TPSA) is 124 Å². The number of morpholine rings is 1. The fourth-order valence-corrected chi connectivity index (χ4v) is 6.78. The second kappa shape index (κ2) is 9.97. The van der Waals surface area contributed by atoms with Crippen LogP contribution < -0.4 is 4.80 Å². The Morgan fingerprint density at radius 2 is 1.83 bits per heavy atom. The highest BCUT2D eigenvalue weighted by atomic mass is 32.2. The van der Waals surface area contributed by atoms with Gasteiger partial charge in [-0.05, 0) is 50.6 Å². The van der Waals surface area contributed by atoms with Crippen molar-refractivity contribution in [2.45, 2.75) is 50.8 Å². The monoisotopic (exact) mass is 518 g/mol. The van der Waals surface area contributed by atoms with Crippen molar-refractivity contribution < 1.29 is 22.9 Å². The maximum absolute atomic E-state index is 13.1. The van der Waals surface area contributed by atoms with Gasteiger partial charge in [-0.15, -0.1) is 0 Å². The van der Waals surface area contributed by atoms with Crippen LogP contribution in [0.1, 0.15) is 37.6 Å². The Balaban J connectivity index is 1.64. The van der Waals surface area contributed by atoms with Gasteiger partial charge >= 0.3 is 0 Å². The number of amides is 1. The van der Waals surface area contributed by atoms with Crippen molar-refractivity contribution in [3.63, 3.8) is 0 Å². The average Bonchev–Trinajstić information content (AvgIpc) is 3.14. The number of aromatic nitrogens is 1. The van der Waals surface area contributed by atoms with Crippen LogP contribution in [0, 0.1) is 10.1 Å². The number of benzene rings is 2. The van der Waals surface area contributed by atoms with E-state index in [2.05, 4.69) is 4.99 Å². The molecule has 1 aromatic heterocycles. The minimum Gasteiger partial charge on any atom is -0.373 e. The van der Waals surface area contributed by atoms with Crippen LogP contribution >= 0.6 is 11.3 Å². The Hall–Kier alpha value is -2.93. The van der Waals surface area contributed by atoms with E-state index < -0.39 is 20.9 Å². The van der Waals surface area contributed by atoms with Gasteiger partial charge in [0.2, 0.25) is 10.0 Å². The molecule has 2 aromatic carbocycles. The van der Waals surface area contributed by atoms with E-state index in [0.29, 0.717) is 16.0 Å². The molecule has 0 N–H and O–H groups in total. The van der Waals surface area contributed by atoms with E-state index in [-0.39, 0.29) is 41.4 Å². The van der Waals surface area contributed by atoms with Gasteiger partial charge in [0.15, 0.2) is 4.80 Å². The smallest absolute Gasteiger partial charge is 0.279 e. The van der Waals surface area contributed by atoms with Crippen molar-refractivity contribution in [3.8, 4) is 0 Å². The summed E-state index contributed by atoms with van der Waals surface area (Å²) < 4.78 is 35.7. The average molecular weight is 519 g/mol. The number of aryl methyl sites for hydroxylation is 1. The molecule has 2 heterocycles. The molecular formula is C23H26N4O6S2. The molecule has 186 valence electrons. The Bertz CT molecular complexity index is 1430. The van der Waals surface area contributed by atoms with Gasteiger partial charge in [0.25, 0.3) is 11.6 Å². The van der Waals surface area contributed by atoms with Crippen LogP contribution in [-0.4, -0.2) is 53.4 Å². The fraction of sp³-hybridized carbons (Fsp3) is 0.391. The van der Waals surface area contributed by atoms with E-state index in [0.717, 1.165) is 11.9 Å². The molecule has 4 rings (SSSR count). The predicted molar refractivity (Wildman–Crippen MR) is 132 cm³/mol. The van der Waals surface area contributed by atoms with Crippen molar-refractivity contribution in [1.82, 2.24) is 8.87 Å². The van der Waals surface area contributed by atoms with Gasteiger partial charge in [-0.25, -0.2) is 8.42 Å². The van der Waals surface area contributed by atoms with Gasteiger partial charge in [-0.1, -0.05) is 18.3 Å². The first-order valence-electron chi connectivity index (χ1n) is 11.2. The third kappa shape index (κ3) is 5.20. The van der Waals surface area contributed by atoms with Crippen LogP contribution in [0.15, 0.2) is 52.4 Å². The Labute approximate surface area is 206 Å². The molecule has 10 nitrogen and oxygen atoms in total. The molecule has 1 aliphatic heterocycles. The molecule has 1 amide bonds. The number of carbonyl (C=O) groups excluding carboxylic acids is 1. The van der Waals surface area contributed by atoms with Gasteiger partial charge in [0.1, 0.15) is 0 Å². The zero-order valence-electron chi connectivity index (χ0n) is 19.6. The van der Waals surface area contributed by atoms with Crippen LogP contribution in [0.5, 0.6) is 0 Å². The number of nitro groups is 1. The molecule has 2 unspecified atom stereocenters. The van der Waals surface area contributed by atoms with Gasteiger partial charge < -0.3 is 9.30 Å². The molecule has 0 aliphatic carbocycles. The van der Waals surface area contributed by atoms with Crippen LogP contribution in [0.2, 0.25) is 0 Å². The molecule has 1 aliphatic rings. The van der Waals surface area contributed by atoms with Crippen LogP contribution in [0.4, 0.5) is 5.69 Å². The second-order valence-corrected chi connectivity index (χ2v) is 11.4. The molecule has 1 fully saturated rings. The maximum atomic E-state index is 13.1. The van der Waals surface area contributed by atoms with Gasteiger partial charge in [0, 0.05) is 37.3 Å². The van der Waals surface area contributed by atoms with Crippen molar-refractivity contribution in [1.29, 1.82) is 0 Å². The quantitative estimate of drug-likeness (QED) is 0.363. The lowest BCUT2D eigenvalue weighted by molar-refractivity contribution is -0.384. The third-order valence-corrected chi connectivity index (χ3v) is 8.53. The van der Waals surface area contributed by atoms with E-state index in [9.17, 15) is 23.3 Å². The third-order valence-electron chi connectivity index (χ3n) is 5.65. The van der Waals surface area contributed by atoms with Gasteiger partial charge in [-0.3, -0.25) is 14.9 Å². The van der Waals surface area contributed by atoms with Crippen LogP contribution in [0.25, 0.3) is 10.2 Å². The Morgan fingerprint density at radius 3 is 2.43 bits per heavy atom. The lowest BCUT2D eigenvalue weighted by Gasteiger charge is -2.34. The minimum absolute atomic E-state index is 0.0267. The highest BCUT2D eigenvalue weighted by Crippen LogP contribution is 2.24. The predicted octanol–water partition coefficient (Wildman–Crippen LogP) is 3.56. The first-order chi connectivity index (χ1) is 16.6. The second-order valence-electron chi connectivity index (χ2n) is 8.47. The SMILES string of the molecule is CCCn1c(=NC(=O)c2ccc(S(=O)(=O)N3CC(C)OC(C)C3)cc2)sc2cc([N+](=O)[O-])ccc21. The van der Waals surface area contributed by atoms with Gasteiger partial charge in [0.05, 0.1) is 32.2 Å². The minimum atomic E-state index is -3.72. The summed E-state index contributed by atoms with van der Waals surface area (Å²) in [7, 11) is -3.72. The molecule has 35 heavy (non-hydrogen) atoms. The first kappa shape index (κ1) is 25.2. The first-order valence-corrected chi connectivity index (χ1v) is 13.5. The van der Waals surface area contributed by atoms with Crippen molar-refractivity contribution >= 4 is 43.2 Å². The van der Waals surface area contributed by atoms with E-state index in [1.807, 2.05) is 25.3 Å². The summed E-state index contributed by atoms with van der Waals surface area (Å²) in [6.45, 7) is 6.78. The summed E-state index contributed by atoms with van der Waals surface area (Å²) in [4.78, 5) is 28.4. The fourth-order valence-electron chi connectivity index (χ4n) is 4.10. The molecular weight excluding hydrogens is 492 g/mol. The summed E-state index contributed by atoms with van der Waals surface area (Å²) >= 11 is 1.20. The zero-order chi connectivity index (χ0) is 25.3. The number of carbonyl (C=O) groups is 1. The van der Waals surface area contributed by atoms with E-state index in [1.165, 1.54) is 52.0 Å². The lowest BCUT2D eigenvalue weighted by atomic mass is 10.2. The van der Waals surface area contributed by atoms with Crippen LogP contribution in [0.3, 0.4) is 0 Å². The number of nitro benzene ring substituents is 1. The molecule has 0 bridgehead atoms. The number of thiazole rings is 1. The number of nitrogens with zero attached hydrogens (tertiary/aromatic N) is 4. The number of fused-ring (bicyclic) bond motifs is 1. The number of hydrogen-bond acceptors (Lipinski definition) is 7. The van der Waals surface area contributed by atoms with E-state index in [4.69, 9.17) is 4.74 Å². The number of rotatable bonds is 6. The lowest BCUT2D eigenvalue weighted by Crippen LogP contribution is -2.48. The number of hydrogen-bond donors (Lipinski definition) is 0. The van der Waals surface area contributed by atoms with Crippen molar-refractivity contribution in [3.05, 3.63) is 62.9 Å². The summed E-state index contributed by atoms with van der Waals surface area (Å²) in [6, 6.07) is 10.3. The summed E-state index contributed by atoms with van der Waals surface area (Å²) in [5.41, 5.74) is 0.990. The van der Waals surface area contributed by atoms with Gasteiger partial charge in [-0.2, -0.15) is 9.30 Å². The molecule has 3 aromatic rings. The largest absolute Gasteiger partial charge is 0.373 e. The van der Waals surface area contributed by atoms with E-state index in [1.54, 1.807) is 6.07 Å². The number of sulfonamides is 1. The summed E-state index contributed by atoms with van der Waals surface area (Å²) in [5.74, 6) is -0.520. The van der Waals surface area contributed by atoms with E-state index >= 15 is 0 Å². The number of ether oxygens (including phenoxy) is 1. The molecule has 0 saturated carbocycles. The summed E-state index contributed by atoms with van der Waals surface area (Å²) in [6.07, 6.45) is 0.381. The molecule has 2 atom stereocenters. The summed E-state index contributed by atoms with van der Waals surface area (Å²) in [5, 5.41) is 11.1. The maximum Gasteiger partial charge on any atom is 0.279 e. The van der Waals surface area contributed by atoms with Crippen molar-refractivity contribution in [2.24, 2.45) is 4.99 Å². The van der Waals surface area contributed by atoms with Crippen molar-refractivity contribution in [2.75, 3.05) is 13.1 Å². The standard InChI is InChI=1S/C23H26N4O6S2/c1-4-11-26-20-10-7-18(27(29)30)12-21(20)34-23(26)24-22(28)17-5-8-19(9-6-17)35(31,32)25-13-15(2)33-16(3)14-25/h5-10,12,15-16H,4,11,13-14H2,1-3H3. The molecule has 1 saturated heterocycles. The zero-order valence-corrected chi connectivity index (χ0v) is 21.2.